The fraction of sp³-hybridized carbons (Fsp3) is 0.222. The van der Waals surface area contributed by atoms with Crippen molar-refractivity contribution < 1.29 is 20.5 Å². The van der Waals surface area contributed by atoms with Gasteiger partial charge in [-0.2, -0.15) is 0 Å². The van der Waals surface area contributed by atoms with Crippen molar-refractivity contribution >= 4 is 18.0 Å². The van der Waals surface area contributed by atoms with E-state index in [4.69, 9.17) is 0 Å². The monoisotopic (exact) mass is 198 g/mol. The maximum atomic E-state index is 11.1. The summed E-state index contributed by atoms with van der Waals surface area (Å²) in [4.78, 5) is 11.1. The molecule has 1 rings (SSSR count). The van der Waals surface area contributed by atoms with Crippen LogP contribution in [0.25, 0.3) is 0 Å². The second-order valence-electron chi connectivity index (χ2n) is 2.66. The molecule has 5 heteroatoms. The average Bonchev–Trinajstić information content (AvgIpc) is 2.17. The van der Waals surface area contributed by atoms with Crippen LogP contribution in [0.15, 0.2) is 30.3 Å². The van der Waals surface area contributed by atoms with Crippen LogP contribution < -0.4 is 5.46 Å². The Morgan fingerprint density at radius 3 is 2.14 bits per heavy atom. The van der Waals surface area contributed by atoms with Crippen molar-refractivity contribution in [2.24, 2.45) is 0 Å². The maximum absolute atomic E-state index is 11.1. The van der Waals surface area contributed by atoms with E-state index < -0.39 is 0 Å². The Bertz CT molecular complexity index is 263. The van der Waals surface area contributed by atoms with Crippen molar-refractivity contribution in [3.63, 3.8) is 0 Å². The molecule has 0 heterocycles. The molecule has 0 bridgehead atoms. The lowest BCUT2D eigenvalue weighted by Gasteiger charge is -2.04. The van der Waals surface area contributed by atoms with E-state index in [0.717, 1.165) is 5.46 Å². The van der Waals surface area contributed by atoms with Crippen LogP contribution in [-0.2, 0) is 4.74 Å². The summed E-state index contributed by atoms with van der Waals surface area (Å²) in [6.07, 6.45) is 0. The van der Waals surface area contributed by atoms with Crippen molar-refractivity contribution in [2.45, 2.75) is 6.82 Å². The van der Waals surface area contributed by atoms with Crippen LogP contribution >= 0.6 is 0 Å². The molecule has 0 amide bonds. The highest BCUT2D eigenvalue weighted by Crippen LogP contribution is 1.91. The fourth-order valence-electron chi connectivity index (χ4n) is 1.05. The van der Waals surface area contributed by atoms with E-state index in [1.807, 2.05) is 37.2 Å². The van der Waals surface area contributed by atoms with E-state index in [1.54, 1.807) is 0 Å². The molecule has 0 aliphatic rings. The van der Waals surface area contributed by atoms with Gasteiger partial charge in [0.25, 0.3) is 5.87 Å². The molecule has 0 unspecified atom stereocenters. The Morgan fingerprint density at radius 2 is 1.71 bits per heavy atom. The first kappa shape index (κ1) is 15.2. The molecule has 0 aliphatic heterocycles. The van der Waals surface area contributed by atoms with Gasteiger partial charge in [-0.3, -0.25) is 4.79 Å². The SMILES string of the molecule is COC(=O)B(C)c1ccccc1.O.O. The first-order chi connectivity index (χ1) is 5.75. The molecule has 0 aromatic heterocycles. The summed E-state index contributed by atoms with van der Waals surface area (Å²) in [5.41, 5.74) is 0.990. The Labute approximate surface area is 83.6 Å². The Morgan fingerprint density at radius 1 is 1.21 bits per heavy atom. The molecule has 4 nitrogen and oxygen atoms in total. The molecule has 0 atom stereocenters. The molecule has 0 aliphatic carbocycles. The van der Waals surface area contributed by atoms with Crippen molar-refractivity contribution in [2.75, 3.05) is 7.11 Å². The van der Waals surface area contributed by atoms with E-state index in [-0.39, 0.29) is 23.5 Å². The van der Waals surface area contributed by atoms with Crippen LogP contribution in [0.1, 0.15) is 0 Å². The smallest absolute Gasteiger partial charge is 0.307 e. The first-order valence-electron chi connectivity index (χ1n) is 3.88. The third-order valence-electron chi connectivity index (χ3n) is 1.85. The number of hydrogen-bond acceptors (Lipinski definition) is 2. The van der Waals surface area contributed by atoms with Crippen LogP contribution in [0, 0.1) is 0 Å². The minimum Gasteiger partial charge on any atom is -0.477 e. The zero-order valence-electron chi connectivity index (χ0n) is 8.28. The van der Waals surface area contributed by atoms with Crippen LogP contribution in [0.2, 0.25) is 6.82 Å². The topological polar surface area (TPSA) is 89.3 Å². The summed E-state index contributed by atoms with van der Waals surface area (Å²) in [7, 11) is 1.40. The molecule has 0 radical (unpaired) electrons. The number of carbonyl (C=O) groups is 1. The van der Waals surface area contributed by atoms with Crippen LogP contribution in [0.5, 0.6) is 0 Å². The van der Waals surface area contributed by atoms with Gasteiger partial charge in [-0.25, -0.2) is 0 Å². The van der Waals surface area contributed by atoms with Gasteiger partial charge in [0.2, 0.25) is 0 Å². The van der Waals surface area contributed by atoms with Crippen LogP contribution in [0.3, 0.4) is 0 Å². The van der Waals surface area contributed by atoms with E-state index >= 15 is 0 Å². The largest absolute Gasteiger partial charge is 0.477 e. The Kier molecular flexibility index (Phi) is 7.70. The van der Waals surface area contributed by atoms with Crippen LogP contribution in [0.4, 0.5) is 4.79 Å². The van der Waals surface area contributed by atoms with Crippen molar-refractivity contribution in [1.29, 1.82) is 0 Å². The molecule has 0 saturated carbocycles. The second-order valence-corrected chi connectivity index (χ2v) is 2.66. The molecule has 78 valence electrons. The first-order valence-corrected chi connectivity index (χ1v) is 3.88. The van der Waals surface area contributed by atoms with Gasteiger partial charge in [0.15, 0.2) is 0 Å². The van der Waals surface area contributed by atoms with Gasteiger partial charge >= 0.3 is 6.71 Å². The Hall–Kier alpha value is -1.33. The van der Waals surface area contributed by atoms with E-state index in [1.165, 1.54) is 7.11 Å². The lowest BCUT2D eigenvalue weighted by atomic mass is 9.47. The maximum Gasteiger partial charge on any atom is 0.307 e. The third kappa shape index (κ3) is 3.59. The number of carbonyl (C=O) groups excluding carboxylic acids is 1. The standard InChI is InChI=1S/C9H11BO2.2H2O/c1-10(9(11)12-2)8-6-4-3-5-7-8;;/h3-7H,1-2H3;2*1H2. The molecule has 14 heavy (non-hydrogen) atoms. The summed E-state index contributed by atoms with van der Waals surface area (Å²) in [6.45, 7) is 1.66. The molecule has 1 aromatic rings. The highest BCUT2D eigenvalue weighted by Gasteiger charge is 2.19. The summed E-state index contributed by atoms with van der Waals surface area (Å²) in [5, 5.41) is 0. The van der Waals surface area contributed by atoms with Crippen LogP contribution in [-0.4, -0.2) is 30.6 Å². The molecular weight excluding hydrogens is 183 g/mol. The van der Waals surface area contributed by atoms with E-state index in [2.05, 4.69) is 4.74 Å². The normalized spacial score (nSPS) is 7.86. The highest BCUT2D eigenvalue weighted by atomic mass is 16.5. The van der Waals surface area contributed by atoms with Gasteiger partial charge in [-0.15, -0.1) is 0 Å². The van der Waals surface area contributed by atoms with Gasteiger partial charge in [-0.05, 0) is 0 Å². The zero-order valence-corrected chi connectivity index (χ0v) is 8.28. The molecule has 4 N–H and O–H groups in total. The highest BCUT2D eigenvalue weighted by molar-refractivity contribution is 6.97. The van der Waals surface area contributed by atoms with Gasteiger partial charge in [0, 0.05) is 0 Å². The van der Waals surface area contributed by atoms with E-state index in [0.29, 0.717) is 0 Å². The van der Waals surface area contributed by atoms with E-state index in [9.17, 15) is 4.79 Å². The number of benzene rings is 1. The van der Waals surface area contributed by atoms with Gasteiger partial charge < -0.3 is 15.7 Å². The number of ether oxygens (including phenoxy) is 1. The van der Waals surface area contributed by atoms with Gasteiger partial charge in [-0.1, -0.05) is 42.6 Å². The summed E-state index contributed by atoms with van der Waals surface area (Å²) >= 11 is 0. The summed E-state index contributed by atoms with van der Waals surface area (Å²) in [5.74, 6) is -0.193. The molecular formula is C9H15BO4. The average molecular weight is 198 g/mol. The molecule has 0 spiro atoms. The van der Waals surface area contributed by atoms with Crippen molar-refractivity contribution in [3.05, 3.63) is 30.3 Å². The zero-order chi connectivity index (χ0) is 8.97. The van der Waals surface area contributed by atoms with Crippen molar-refractivity contribution in [1.82, 2.24) is 0 Å². The lowest BCUT2D eigenvalue weighted by Crippen LogP contribution is -2.35. The second kappa shape index (κ2) is 7.11. The predicted octanol–water partition coefficient (Wildman–Crippen LogP) is -0.283. The lowest BCUT2D eigenvalue weighted by molar-refractivity contribution is 0.197. The van der Waals surface area contributed by atoms with Gasteiger partial charge in [0.05, 0.1) is 7.11 Å². The summed E-state index contributed by atoms with van der Waals surface area (Å²) < 4.78 is 4.63. The minimum absolute atomic E-state index is 0. The third-order valence-corrected chi connectivity index (χ3v) is 1.85. The molecule has 1 aromatic carbocycles. The van der Waals surface area contributed by atoms with Gasteiger partial charge in [0.1, 0.15) is 0 Å². The molecule has 0 saturated heterocycles. The Balaban J connectivity index is 0. The number of hydrogen-bond donors (Lipinski definition) is 0. The quantitative estimate of drug-likeness (QED) is 0.611. The predicted molar refractivity (Wildman–Crippen MR) is 57.3 cm³/mol. The minimum atomic E-state index is -0.193. The number of rotatable bonds is 2. The fourth-order valence-corrected chi connectivity index (χ4v) is 1.05. The molecule has 0 fully saturated rings. The summed E-state index contributed by atoms with van der Waals surface area (Å²) in [6, 6.07) is 9.58. The van der Waals surface area contributed by atoms with Crippen molar-refractivity contribution in [3.8, 4) is 0 Å². The number of methoxy groups -OCH3 is 1.